The molecule has 1 aliphatic heterocycles. The summed E-state index contributed by atoms with van der Waals surface area (Å²) in [6, 6.07) is 11.3. The van der Waals surface area contributed by atoms with Crippen LogP contribution in [-0.2, 0) is 16.1 Å². The van der Waals surface area contributed by atoms with Gasteiger partial charge in [-0.05, 0) is 48.9 Å². The zero-order valence-corrected chi connectivity index (χ0v) is 17.0. The molecule has 0 bridgehead atoms. The zero-order chi connectivity index (χ0) is 20.6. The van der Waals surface area contributed by atoms with Crippen LogP contribution in [0.5, 0.6) is 5.75 Å². The molecule has 2 aromatic rings. The number of hydrogen-bond donors (Lipinski definition) is 0. The van der Waals surface area contributed by atoms with Gasteiger partial charge in [0.25, 0.3) is 0 Å². The van der Waals surface area contributed by atoms with Crippen LogP contribution in [0.2, 0.25) is 0 Å². The van der Waals surface area contributed by atoms with Crippen LogP contribution in [0.15, 0.2) is 42.5 Å². The molecule has 0 saturated carbocycles. The van der Waals surface area contributed by atoms with Crippen molar-refractivity contribution >= 4 is 6.08 Å². The first-order chi connectivity index (χ1) is 14.1. The van der Waals surface area contributed by atoms with E-state index in [9.17, 15) is 8.78 Å². The molecule has 1 heterocycles. The third kappa shape index (κ3) is 5.64. The monoisotopic (exact) mass is 402 g/mol. The van der Waals surface area contributed by atoms with Crippen LogP contribution in [0.4, 0.5) is 8.78 Å². The minimum absolute atomic E-state index is 0.0357. The predicted molar refractivity (Wildman–Crippen MR) is 110 cm³/mol. The van der Waals surface area contributed by atoms with Crippen molar-refractivity contribution in [2.24, 2.45) is 0 Å². The van der Waals surface area contributed by atoms with Gasteiger partial charge in [-0.2, -0.15) is 4.39 Å². The van der Waals surface area contributed by atoms with Crippen molar-refractivity contribution in [3.8, 4) is 5.75 Å². The summed E-state index contributed by atoms with van der Waals surface area (Å²) in [5.74, 6) is -1.99. The Morgan fingerprint density at radius 1 is 1.07 bits per heavy atom. The molecule has 2 unspecified atom stereocenters. The van der Waals surface area contributed by atoms with E-state index in [0.29, 0.717) is 38.2 Å². The van der Waals surface area contributed by atoms with Crippen molar-refractivity contribution in [3.05, 3.63) is 70.8 Å². The molecule has 0 N–H and O–H groups in total. The molecule has 2 aromatic carbocycles. The van der Waals surface area contributed by atoms with Gasteiger partial charge in [-0.1, -0.05) is 49.4 Å². The SMILES string of the molecule is C/C=C/c1ccc(COC2CCC(c3ccc(OCCC)c(F)c3F)CO2)cc1. The molecule has 5 heteroatoms. The van der Waals surface area contributed by atoms with Crippen molar-refractivity contribution < 1.29 is 23.0 Å². The van der Waals surface area contributed by atoms with Gasteiger partial charge in [-0.15, -0.1) is 0 Å². The van der Waals surface area contributed by atoms with E-state index < -0.39 is 11.6 Å². The topological polar surface area (TPSA) is 27.7 Å². The number of rotatable bonds is 8. The number of benzene rings is 2. The van der Waals surface area contributed by atoms with Gasteiger partial charge in [0.15, 0.2) is 17.9 Å². The van der Waals surface area contributed by atoms with Gasteiger partial charge in [0, 0.05) is 5.92 Å². The van der Waals surface area contributed by atoms with Crippen LogP contribution in [0.1, 0.15) is 55.7 Å². The molecule has 156 valence electrons. The van der Waals surface area contributed by atoms with Crippen molar-refractivity contribution in [1.29, 1.82) is 0 Å². The molecule has 0 aliphatic carbocycles. The van der Waals surface area contributed by atoms with Crippen LogP contribution >= 0.6 is 0 Å². The van der Waals surface area contributed by atoms with Crippen LogP contribution in [0.25, 0.3) is 6.08 Å². The lowest BCUT2D eigenvalue weighted by atomic mass is 9.92. The maximum atomic E-state index is 14.5. The summed E-state index contributed by atoms with van der Waals surface area (Å²) in [7, 11) is 0. The summed E-state index contributed by atoms with van der Waals surface area (Å²) in [4.78, 5) is 0. The standard InChI is InChI=1S/C24H28F2O3/c1-3-5-17-6-8-18(9-7-17)15-28-22-13-10-19(16-29-22)20-11-12-21(27-14-4-2)24(26)23(20)25/h3,5-9,11-12,19,22H,4,10,13-16H2,1-2H3/b5-3+. The molecule has 1 aliphatic rings. The minimum atomic E-state index is -0.921. The Hall–Kier alpha value is -2.24. The fourth-order valence-corrected chi connectivity index (χ4v) is 3.40. The lowest BCUT2D eigenvalue weighted by Crippen LogP contribution is -2.27. The van der Waals surface area contributed by atoms with Crippen molar-refractivity contribution in [3.63, 3.8) is 0 Å². The fraction of sp³-hybridized carbons (Fsp3) is 0.417. The zero-order valence-electron chi connectivity index (χ0n) is 17.0. The molecular weight excluding hydrogens is 374 g/mol. The van der Waals surface area contributed by atoms with E-state index in [2.05, 4.69) is 0 Å². The van der Waals surface area contributed by atoms with Crippen molar-refractivity contribution in [2.75, 3.05) is 13.2 Å². The lowest BCUT2D eigenvalue weighted by molar-refractivity contribution is -0.173. The van der Waals surface area contributed by atoms with Gasteiger partial charge in [0.2, 0.25) is 5.82 Å². The number of hydrogen-bond acceptors (Lipinski definition) is 3. The van der Waals surface area contributed by atoms with Gasteiger partial charge in [-0.3, -0.25) is 0 Å². The molecule has 0 aromatic heterocycles. The maximum absolute atomic E-state index is 14.5. The normalized spacial score (nSPS) is 19.6. The molecule has 1 saturated heterocycles. The second-order valence-corrected chi connectivity index (χ2v) is 7.22. The van der Waals surface area contributed by atoms with E-state index in [1.54, 1.807) is 6.07 Å². The van der Waals surface area contributed by atoms with Crippen LogP contribution in [0, 0.1) is 11.6 Å². The first-order valence-corrected chi connectivity index (χ1v) is 10.2. The fourth-order valence-electron chi connectivity index (χ4n) is 3.40. The smallest absolute Gasteiger partial charge is 0.200 e. The summed E-state index contributed by atoms with van der Waals surface area (Å²) in [5, 5.41) is 0. The minimum Gasteiger partial charge on any atom is -0.490 e. The van der Waals surface area contributed by atoms with Gasteiger partial charge in [-0.25, -0.2) is 4.39 Å². The van der Waals surface area contributed by atoms with Crippen molar-refractivity contribution in [1.82, 2.24) is 0 Å². The lowest BCUT2D eigenvalue weighted by Gasteiger charge is -2.29. The van der Waals surface area contributed by atoms with Crippen LogP contribution < -0.4 is 4.74 Å². The summed E-state index contributed by atoms with van der Waals surface area (Å²) in [6.45, 7) is 5.02. The Morgan fingerprint density at radius 3 is 2.52 bits per heavy atom. The third-order valence-electron chi connectivity index (χ3n) is 4.99. The largest absolute Gasteiger partial charge is 0.490 e. The summed E-state index contributed by atoms with van der Waals surface area (Å²) < 4.78 is 45.6. The Balaban J connectivity index is 1.52. The second-order valence-electron chi connectivity index (χ2n) is 7.22. The molecule has 1 fully saturated rings. The van der Waals surface area contributed by atoms with E-state index in [1.807, 2.05) is 50.3 Å². The van der Waals surface area contributed by atoms with E-state index in [-0.39, 0.29) is 18.0 Å². The third-order valence-corrected chi connectivity index (χ3v) is 4.99. The Bertz CT molecular complexity index is 810. The van der Waals surface area contributed by atoms with E-state index in [4.69, 9.17) is 14.2 Å². The molecule has 2 atom stereocenters. The Kier molecular flexibility index (Phi) is 7.78. The van der Waals surface area contributed by atoms with Crippen LogP contribution in [0.3, 0.4) is 0 Å². The summed E-state index contributed by atoms with van der Waals surface area (Å²) in [6.07, 6.45) is 5.76. The number of allylic oxidation sites excluding steroid dienone is 1. The molecule has 3 rings (SSSR count). The molecular formula is C24H28F2O3. The highest BCUT2D eigenvalue weighted by Crippen LogP contribution is 2.33. The Morgan fingerprint density at radius 2 is 1.86 bits per heavy atom. The molecule has 0 amide bonds. The van der Waals surface area contributed by atoms with Gasteiger partial charge in [0.1, 0.15) is 0 Å². The summed E-state index contributed by atoms with van der Waals surface area (Å²) in [5.41, 5.74) is 2.55. The number of ether oxygens (including phenoxy) is 3. The molecule has 0 spiro atoms. The average molecular weight is 402 g/mol. The van der Waals surface area contributed by atoms with E-state index in [1.165, 1.54) is 6.07 Å². The van der Waals surface area contributed by atoms with Gasteiger partial charge < -0.3 is 14.2 Å². The van der Waals surface area contributed by atoms with Gasteiger partial charge in [0.05, 0.1) is 19.8 Å². The van der Waals surface area contributed by atoms with E-state index in [0.717, 1.165) is 17.5 Å². The first-order valence-electron chi connectivity index (χ1n) is 10.2. The highest BCUT2D eigenvalue weighted by atomic mass is 19.2. The van der Waals surface area contributed by atoms with Crippen molar-refractivity contribution in [2.45, 2.75) is 51.9 Å². The predicted octanol–water partition coefficient (Wildman–Crippen LogP) is 6.22. The Labute approximate surface area is 171 Å². The second kappa shape index (κ2) is 10.5. The molecule has 29 heavy (non-hydrogen) atoms. The quantitative estimate of drug-likeness (QED) is 0.524. The highest BCUT2D eigenvalue weighted by Gasteiger charge is 2.27. The maximum Gasteiger partial charge on any atom is 0.200 e. The van der Waals surface area contributed by atoms with Gasteiger partial charge >= 0.3 is 0 Å². The molecule has 0 radical (unpaired) electrons. The molecule has 3 nitrogen and oxygen atoms in total. The van der Waals surface area contributed by atoms with E-state index >= 15 is 0 Å². The van der Waals surface area contributed by atoms with Crippen LogP contribution in [-0.4, -0.2) is 19.5 Å². The summed E-state index contributed by atoms with van der Waals surface area (Å²) >= 11 is 0. The first kappa shape index (κ1) is 21.5. The highest BCUT2D eigenvalue weighted by molar-refractivity contribution is 5.49. The number of halogens is 2. The average Bonchev–Trinajstić information content (AvgIpc) is 2.75.